The van der Waals surface area contributed by atoms with Crippen molar-refractivity contribution in [3.05, 3.63) is 90.6 Å². The lowest BCUT2D eigenvalue weighted by Crippen LogP contribution is -2.27. The maximum absolute atomic E-state index is 11.7. The molecule has 2 N–H and O–H groups in total. The minimum absolute atomic E-state index is 0.347. The van der Waals surface area contributed by atoms with Gasteiger partial charge in [-0.2, -0.15) is 0 Å². The topological polar surface area (TPSA) is 80.8 Å². The van der Waals surface area contributed by atoms with Crippen LogP contribution >= 0.6 is 0 Å². The lowest BCUT2D eigenvalue weighted by molar-refractivity contribution is -0.115. The first kappa shape index (κ1) is 18.1. The molecule has 2 aliphatic rings. The molecule has 0 saturated carbocycles. The van der Waals surface area contributed by atoms with Crippen molar-refractivity contribution < 1.29 is 9.53 Å². The molecule has 0 fully saturated rings. The molecule has 2 aliphatic heterocycles. The largest absolute Gasteiger partial charge is 0.468 e. The molecular weight excluding hydrogens is 340 g/mol. The number of fused-ring (bicyclic) bond motifs is 3. The lowest BCUT2D eigenvalue weighted by Gasteiger charge is -2.17. The van der Waals surface area contributed by atoms with E-state index in [9.17, 15) is 4.79 Å². The summed E-state index contributed by atoms with van der Waals surface area (Å²) in [4.78, 5) is 21.9. The van der Waals surface area contributed by atoms with E-state index in [4.69, 9.17) is 10.5 Å². The Labute approximate surface area is 158 Å². The molecule has 6 nitrogen and oxygen atoms in total. The standard InChI is InChI=1S/C21H20N4O2/c22-20(26)19-15-18-16-25(19)14-13-23-11-7-5-3-1-2-4-6-9-17-10-8-12-24-21(17)27-18/h1-15,18H,16H2,(H2,22,26). The van der Waals surface area contributed by atoms with Crippen LogP contribution in [0.1, 0.15) is 5.56 Å². The van der Waals surface area contributed by atoms with Crippen molar-refractivity contribution in [1.29, 1.82) is 0 Å². The second kappa shape index (κ2) is 9.15. The number of aromatic nitrogens is 1. The summed E-state index contributed by atoms with van der Waals surface area (Å²) in [5.41, 5.74) is 6.71. The summed E-state index contributed by atoms with van der Waals surface area (Å²) in [6.07, 6.45) is 23.2. The van der Waals surface area contributed by atoms with Crippen molar-refractivity contribution in [2.24, 2.45) is 10.7 Å². The fourth-order valence-electron chi connectivity index (χ4n) is 2.57. The van der Waals surface area contributed by atoms with Crippen molar-refractivity contribution >= 4 is 18.2 Å². The highest BCUT2D eigenvalue weighted by Crippen LogP contribution is 2.23. The zero-order valence-electron chi connectivity index (χ0n) is 14.7. The zero-order valence-corrected chi connectivity index (χ0v) is 14.7. The Bertz CT molecular complexity index is 891. The SMILES string of the molecule is NC(=O)C1=CC2CN1C=CN=CC=CC=CC=CC=Cc1cccnc1O2. The van der Waals surface area contributed by atoms with E-state index in [-0.39, 0.29) is 6.10 Å². The Morgan fingerprint density at radius 3 is 2.74 bits per heavy atom. The highest BCUT2D eigenvalue weighted by atomic mass is 16.5. The second-order valence-corrected chi connectivity index (χ2v) is 5.73. The number of rotatable bonds is 1. The Balaban J connectivity index is 1.92. The van der Waals surface area contributed by atoms with Gasteiger partial charge in [0, 0.05) is 30.4 Å². The van der Waals surface area contributed by atoms with E-state index in [1.807, 2.05) is 60.7 Å². The van der Waals surface area contributed by atoms with Crippen LogP contribution in [0.15, 0.2) is 90.0 Å². The summed E-state index contributed by atoms with van der Waals surface area (Å²) in [5.74, 6) is -0.0207. The third kappa shape index (κ3) is 5.15. The summed E-state index contributed by atoms with van der Waals surface area (Å²) < 4.78 is 6.00. The molecule has 1 aromatic heterocycles. The number of allylic oxidation sites excluding steroid dienone is 7. The number of nitrogens with two attached hydrogens (primary N) is 1. The fourth-order valence-corrected chi connectivity index (χ4v) is 2.57. The Hall–Kier alpha value is -3.67. The molecular formula is C21H20N4O2. The van der Waals surface area contributed by atoms with Gasteiger partial charge in [-0.25, -0.2) is 4.98 Å². The van der Waals surface area contributed by atoms with Crippen LogP contribution in [0.2, 0.25) is 0 Å². The fraction of sp³-hybridized carbons (Fsp3) is 0.0952. The molecule has 1 unspecified atom stereocenters. The molecule has 136 valence electrons. The molecule has 1 amide bonds. The molecule has 6 heteroatoms. The molecule has 3 heterocycles. The summed E-state index contributed by atoms with van der Waals surface area (Å²) in [7, 11) is 0. The average Bonchev–Trinajstić information content (AvgIpc) is 3.06. The number of ether oxygens (including phenoxy) is 1. The molecule has 3 rings (SSSR count). The van der Waals surface area contributed by atoms with Gasteiger partial charge in [-0.15, -0.1) is 0 Å². The average molecular weight is 360 g/mol. The first-order valence-corrected chi connectivity index (χ1v) is 8.50. The van der Waals surface area contributed by atoms with Gasteiger partial charge in [0.25, 0.3) is 5.91 Å². The monoisotopic (exact) mass is 360 g/mol. The van der Waals surface area contributed by atoms with E-state index in [0.29, 0.717) is 18.1 Å². The van der Waals surface area contributed by atoms with Crippen molar-refractivity contribution in [2.45, 2.75) is 6.10 Å². The van der Waals surface area contributed by atoms with Gasteiger partial charge in [0.2, 0.25) is 5.88 Å². The number of carbonyl (C=O) groups excluding carboxylic acids is 1. The number of nitrogens with zero attached hydrogens (tertiary/aromatic N) is 3. The van der Waals surface area contributed by atoms with E-state index in [0.717, 1.165) is 5.56 Å². The van der Waals surface area contributed by atoms with Crippen LogP contribution in [0.25, 0.3) is 6.08 Å². The van der Waals surface area contributed by atoms with E-state index in [1.54, 1.807) is 35.8 Å². The van der Waals surface area contributed by atoms with Gasteiger partial charge in [0.1, 0.15) is 11.8 Å². The van der Waals surface area contributed by atoms with Gasteiger partial charge >= 0.3 is 0 Å². The lowest BCUT2D eigenvalue weighted by atomic mass is 10.2. The van der Waals surface area contributed by atoms with Crippen molar-refractivity contribution in [3.8, 4) is 5.88 Å². The number of aliphatic imine (C=N–C) groups is 1. The van der Waals surface area contributed by atoms with Gasteiger partial charge in [-0.3, -0.25) is 9.79 Å². The number of hydrogen-bond acceptors (Lipinski definition) is 5. The van der Waals surface area contributed by atoms with Crippen LogP contribution in [0.5, 0.6) is 5.88 Å². The number of hydrogen-bond donors (Lipinski definition) is 1. The van der Waals surface area contributed by atoms with E-state index in [1.165, 1.54) is 0 Å². The Morgan fingerprint density at radius 1 is 1.15 bits per heavy atom. The molecule has 1 atom stereocenters. The highest BCUT2D eigenvalue weighted by molar-refractivity contribution is 5.92. The number of pyridine rings is 1. The molecule has 0 saturated heterocycles. The molecule has 0 spiro atoms. The third-order valence-electron chi connectivity index (χ3n) is 3.79. The van der Waals surface area contributed by atoms with Crippen LogP contribution in [-0.2, 0) is 4.79 Å². The van der Waals surface area contributed by atoms with Crippen LogP contribution < -0.4 is 10.5 Å². The van der Waals surface area contributed by atoms with Gasteiger partial charge in [-0.1, -0.05) is 36.5 Å². The quantitative estimate of drug-likeness (QED) is 0.835. The predicted molar refractivity (Wildman–Crippen MR) is 107 cm³/mol. The molecule has 0 radical (unpaired) electrons. The van der Waals surface area contributed by atoms with Crippen molar-refractivity contribution in [3.63, 3.8) is 0 Å². The van der Waals surface area contributed by atoms with Crippen LogP contribution in [-0.4, -0.2) is 34.7 Å². The van der Waals surface area contributed by atoms with Gasteiger partial charge in [0.05, 0.1) is 6.54 Å². The van der Waals surface area contributed by atoms with Crippen LogP contribution in [0.3, 0.4) is 0 Å². The van der Waals surface area contributed by atoms with Crippen LogP contribution in [0, 0.1) is 0 Å². The van der Waals surface area contributed by atoms with E-state index >= 15 is 0 Å². The number of primary amides is 1. The summed E-state index contributed by atoms with van der Waals surface area (Å²) >= 11 is 0. The Kier molecular flexibility index (Phi) is 6.14. The molecule has 2 bridgehead atoms. The molecule has 0 aromatic carbocycles. The molecule has 1 aromatic rings. The zero-order chi connectivity index (χ0) is 18.9. The van der Waals surface area contributed by atoms with E-state index in [2.05, 4.69) is 9.98 Å². The Morgan fingerprint density at radius 2 is 1.93 bits per heavy atom. The maximum Gasteiger partial charge on any atom is 0.265 e. The first-order valence-electron chi connectivity index (χ1n) is 8.50. The highest BCUT2D eigenvalue weighted by Gasteiger charge is 2.27. The second-order valence-electron chi connectivity index (χ2n) is 5.73. The van der Waals surface area contributed by atoms with Crippen molar-refractivity contribution in [2.75, 3.05) is 6.54 Å². The number of amides is 1. The maximum atomic E-state index is 11.7. The first-order chi connectivity index (χ1) is 13.2. The summed E-state index contributed by atoms with van der Waals surface area (Å²) in [6.45, 7) is 0.447. The van der Waals surface area contributed by atoms with Crippen LogP contribution in [0.4, 0.5) is 0 Å². The van der Waals surface area contributed by atoms with Gasteiger partial charge in [0.15, 0.2) is 0 Å². The third-order valence-corrected chi connectivity index (χ3v) is 3.79. The summed E-state index contributed by atoms with van der Waals surface area (Å²) in [6, 6.07) is 3.77. The number of carbonyl (C=O) groups is 1. The van der Waals surface area contributed by atoms with Crippen molar-refractivity contribution in [1.82, 2.24) is 9.88 Å². The minimum atomic E-state index is -0.517. The minimum Gasteiger partial charge on any atom is -0.468 e. The predicted octanol–water partition coefficient (Wildman–Crippen LogP) is 2.75. The van der Waals surface area contributed by atoms with Gasteiger partial charge < -0.3 is 15.4 Å². The van der Waals surface area contributed by atoms with Gasteiger partial charge in [-0.05, 0) is 30.4 Å². The smallest absolute Gasteiger partial charge is 0.265 e. The summed E-state index contributed by atoms with van der Waals surface area (Å²) in [5, 5.41) is 0. The van der Waals surface area contributed by atoms with E-state index < -0.39 is 5.91 Å². The molecule has 0 aliphatic carbocycles. The molecule has 27 heavy (non-hydrogen) atoms. The normalized spacial score (nSPS) is 19.2.